The van der Waals surface area contributed by atoms with Crippen molar-refractivity contribution in [2.45, 2.75) is 13.8 Å². The van der Waals surface area contributed by atoms with Gasteiger partial charge in [0.25, 0.3) is 5.91 Å². The van der Waals surface area contributed by atoms with Crippen molar-refractivity contribution in [3.8, 4) is 17.0 Å². The number of likely N-dealkylation sites (N-methyl/N-ethyl adjacent to an activating group) is 1. The van der Waals surface area contributed by atoms with Crippen molar-refractivity contribution < 1.29 is 9.53 Å². The Morgan fingerprint density at radius 1 is 1.30 bits per heavy atom. The molecule has 2 aromatic heterocycles. The molecule has 0 unspecified atom stereocenters. The van der Waals surface area contributed by atoms with E-state index in [1.54, 1.807) is 4.90 Å². The number of imidazole rings is 1. The first kappa shape index (κ1) is 13.8. The van der Waals surface area contributed by atoms with Crippen LogP contribution in [0, 0.1) is 6.92 Å². The third-order valence-electron chi connectivity index (χ3n) is 4.19. The molecule has 1 aromatic carbocycles. The van der Waals surface area contributed by atoms with Crippen molar-refractivity contribution in [3.05, 3.63) is 48.3 Å². The maximum atomic E-state index is 12.0. The molecule has 5 nitrogen and oxygen atoms in total. The van der Waals surface area contributed by atoms with E-state index in [0.717, 1.165) is 33.9 Å². The van der Waals surface area contributed by atoms with Gasteiger partial charge in [0, 0.05) is 24.5 Å². The van der Waals surface area contributed by atoms with Crippen LogP contribution in [-0.2, 0) is 4.79 Å². The van der Waals surface area contributed by atoms with Crippen molar-refractivity contribution in [1.82, 2.24) is 9.38 Å². The van der Waals surface area contributed by atoms with Crippen LogP contribution >= 0.6 is 0 Å². The molecule has 0 spiro atoms. The highest BCUT2D eigenvalue weighted by Gasteiger charge is 2.24. The zero-order chi connectivity index (χ0) is 16.0. The molecule has 3 heterocycles. The number of hydrogen-bond acceptors (Lipinski definition) is 3. The molecule has 1 amide bonds. The number of hydrogen-bond donors (Lipinski definition) is 0. The number of amides is 1. The second-order valence-corrected chi connectivity index (χ2v) is 5.66. The second kappa shape index (κ2) is 5.12. The average molecular weight is 307 g/mol. The summed E-state index contributed by atoms with van der Waals surface area (Å²) in [6.07, 6.45) is 3.99. The van der Waals surface area contributed by atoms with Gasteiger partial charge in [-0.3, -0.25) is 4.79 Å². The van der Waals surface area contributed by atoms with Gasteiger partial charge in [-0.2, -0.15) is 0 Å². The molecule has 5 heteroatoms. The molecule has 0 aliphatic carbocycles. The molecule has 0 atom stereocenters. The lowest BCUT2D eigenvalue weighted by molar-refractivity contribution is -0.121. The fourth-order valence-electron chi connectivity index (χ4n) is 3.00. The van der Waals surface area contributed by atoms with Crippen LogP contribution in [0.3, 0.4) is 0 Å². The van der Waals surface area contributed by atoms with Crippen LogP contribution in [0.4, 0.5) is 5.69 Å². The van der Waals surface area contributed by atoms with Gasteiger partial charge in [0.15, 0.2) is 6.61 Å². The number of carbonyl (C=O) groups excluding carboxylic acids is 1. The van der Waals surface area contributed by atoms with Gasteiger partial charge in [0.2, 0.25) is 0 Å². The van der Waals surface area contributed by atoms with Gasteiger partial charge in [-0.05, 0) is 43.7 Å². The van der Waals surface area contributed by atoms with Crippen molar-refractivity contribution >= 4 is 17.2 Å². The number of anilines is 1. The fraction of sp³-hybridized carbons (Fsp3) is 0.222. The first-order valence-corrected chi connectivity index (χ1v) is 7.69. The van der Waals surface area contributed by atoms with E-state index < -0.39 is 0 Å². The van der Waals surface area contributed by atoms with Crippen molar-refractivity contribution in [2.24, 2.45) is 0 Å². The van der Waals surface area contributed by atoms with Gasteiger partial charge < -0.3 is 14.0 Å². The molecule has 1 aliphatic rings. The molecule has 23 heavy (non-hydrogen) atoms. The van der Waals surface area contributed by atoms with Crippen LogP contribution in [0.1, 0.15) is 12.5 Å². The Balaban J connectivity index is 1.84. The van der Waals surface area contributed by atoms with Gasteiger partial charge in [-0.15, -0.1) is 0 Å². The molecule has 0 fully saturated rings. The van der Waals surface area contributed by atoms with Gasteiger partial charge in [0.05, 0.1) is 11.4 Å². The molecule has 4 rings (SSSR count). The summed E-state index contributed by atoms with van der Waals surface area (Å²) in [6, 6.07) is 9.93. The Hall–Kier alpha value is -2.82. The number of ether oxygens (including phenoxy) is 1. The Kier molecular flexibility index (Phi) is 3.08. The highest BCUT2D eigenvalue weighted by molar-refractivity contribution is 5.98. The smallest absolute Gasteiger partial charge is 0.265 e. The molecular weight excluding hydrogens is 290 g/mol. The van der Waals surface area contributed by atoms with Crippen LogP contribution in [-0.4, -0.2) is 28.4 Å². The number of fused-ring (bicyclic) bond motifs is 2. The molecular formula is C18H17N3O2. The molecule has 1 aliphatic heterocycles. The summed E-state index contributed by atoms with van der Waals surface area (Å²) >= 11 is 0. The van der Waals surface area contributed by atoms with Gasteiger partial charge >= 0.3 is 0 Å². The minimum atomic E-state index is -0.0111. The Bertz CT molecular complexity index is 914. The molecule has 0 saturated heterocycles. The Morgan fingerprint density at radius 3 is 2.96 bits per heavy atom. The minimum absolute atomic E-state index is 0.0111. The summed E-state index contributed by atoms with van der Waals surface area (Å²) in [4.78, 5) is 18.5. The predicted molar refractivity (Wildman–Crippen MR) is 88.9 cm³/mol. The number of benzene rings is 1. The molecule has 3 aromatic rings. The van der Waals surface area contributed by atoms with Gasteiger partial charge in [-0.25, -0.2) is 4.98 Å². The Morgan fingerprint density at radius 2 is 2.17 bits per heavy atom. The van der Waals surface area contributed by atoms with E-state index >= 15 is 0 Å². The monoisotopic (exact) mass is 307 g/mol. The van der Waals surface area contributed by atoms with E-state index in [2.05, 4.69) is 0 Å². The summed E-state index contributed by atoms with van der Waals surface area (Å²) in [5.41, 5.74) is 4.75. The summed E-state index contributed by atoms with van der Waals surface area (Å²) in [5.74, 6) is 0.734. The van der Waals surface area contributed by atoms with Crippen LogP contribution in [0.25, 0.3) is 16.9 Å². The van der Waals surface area contributed by atoms with E-state index in [1.165, 1.54) is 0 Å². The number of rotatable bonds is 2. The number of aryl methyl sites for hydroxylation is 1. The molecule has 0 saturated carbocycles. The third kappa shape index (κ3) is 2.16. The first-order valence-electron chi connectivity index (χ1n) is 7.69. The van der Waals surface area contributed by atoms with E-state index in [1.807, 2.05) is 61.0 Å². The van der Waals surface area contributed by atoms with Crippen LogP contribution in [0.2, 0.25) is 0 Å². The lowest BCUT2D eigenvalue weighted by Gasteiger charge is -2.28. The van der Waals surface area contributed by atoms with E-state index in [9.17, 15) is 4.79 Å². The fourth-order valence-corrected chi connectivity index (χ4v) is 3.00. The molecule has 0 bridgehead atoms. The highest BCUT2D eigenvalue weighted by atomic mass is 16.5. The average Bonchev–Trinajstić information content (AvgIpc) is 3.00. The molecule has 0 N–H and O–H groups in total. The minimum Gasteiger partial charge on any atom is -0.482 e. The topological polar surface area (TPSA) is 46.8 Å². The van der Waals surface area contributed by atoms with E-state index in [0.29, 0.717) is 6.54 Å². The zero-order valence-corrected chi connectivity index (χ0v) is 13.1. The first-order chi connectivity index (χ1) is 11.2. The van der Waals surface area contributed by atoms with Crippen molar-refractivity contribution in [2.75, 3.05) is 18.1 Å². The quantitative estimate of drug-likeness (QED) is 0.731. The van der Waals surface area contributed by atoms with Crippen LogP contribution < -0.4 is 9.64 Å². The van der Waals surface area contributed by atoms with Gasteiger partial charge in [0.1, 0.15) is 11.4 Å². The zero-order valence-electron chi connectivity index (χ0n) is 13.1. The number of carbonyl (C=O) groups is 1. The SMILES string of the molecule is CCN1C(=O)COc2ccc(-c3cn4cccc(C)c4n3)cc21. The van der Waals surface area contributed by atoms with Crippen molar-refractivity contribution in [3.63, 3.8) is 0 Å². The maximum Gasteiger partial charge on any atom is 0.265 e. The lowest BCUT2D eigenvalue weighted by atomic mass is 10.1. The largest absolute Gasteiger partial charge is 0.482 e. The maximum absolute atomic E-state index is 12.0. The highest BCUT2D eigenvalue weighted by Crippen LogP contribution is 2.35. The number of pyridine rings is 1. The number of nitrogens with zero attached hydrogens (tertiary/aromatic N) is 3. The summed E-state index contributed by atoms with van der Waals surface area (Å²) in [7, 11) is 0. The predicted octanol–water partition coefficient (Wildman–Crippen LogP) is 3.06. The van der Waals surface area contributed by atoms with Gasteiger partial charge in [-0.1, -0.05) is 6.07 Å². The van der Waals surface area contributed by atoms with E-state index in [-0.39, 0.29) is 12.5 Å². The normalized spacial score (nSPS) is 14.0. The lowest BCUT2D eigenvalue weighted by Crippen LogP contribution is -2.38. The second-order valence-electron chi connectivity index (χ2n) is 5.66. The van der Waals surface area contributed by atoms with Crippen LogP contribution in [0.5, 0.6) is 5.75 Å². The number of aromatic nitrogens is 2. The summed E-state index contributed by atoms with van der Waals surface area (Å²) in [6.45, 7) is 4.74. The van der Waals surface area contributed by atoms with Crippen molar-refractivity contribution in [1.29, 1.82) is 0 Å². The summed E-state index contributed by atoms with van der Waals surface area (Å²) in [5, 5.41) is 0. The molecule has 116 valence electrons. The van der Waals surface area contributed by atoms with E-state index in [4.69, 9.17) is 9.72 Å². The summed E-state index contributed by atoms with van der Waals surface area (Å²) < 4.78 is 7.54. The Labute approximate surface area is 134 Å². The molecule has 0 radical (unpaired) electrons. The third-order valence-corrected chi connectivity index (χ3v) is 4.19. The van der Waals surface area contributed by atoms with Crippen LogP contribution in [0.15, 0.2) is 42.7 Å². The standard InChI is InChI=1S/C18H17N3O2/c1-3-21-15-9-13(6-7-16(15)23-11-17(21)22)14-10-20-8-4-5-12(2)18(20)19-14/h4-10H,3,11H2,1-2H3.